The summed E-state index contributed by atoms with van der Waals surface area (Å²) in [5, 5.41) is 18.3. The average Bonchev–Trinajstić information content (AvgIpc) is 2.73. The van der Waals surface area contributed by atoms with Crippen molar-refractivity contribution in [3.05, 3.63) is 78.4 Å². The van der Waals surface area contributed by atoms with Crippen molar-refractivity contribution in [2.24, 2.45) is 0 Å². The number of hydrogen-bond acceptors (Lipinski definition) is 5. The monoisotopic (exact) mass is 391 g/mol. The summed E-state index contributed by atoms with van der Waals surface area (Å²) < 4.78 is 12.2. The Kier molecular flexibility index (Phi) is 5.10. The first-order valence-corrected chi connectivity index (χ1v) is 9.34. The Hall–Kier alpha value is -3.51. The lowest BCUT2D eigenvalue weighted by Crippen LogP contribution is -2.35. The lowest BCUT2D eigenvalue weighted by atomic mass is 10.1. The molecule has 0 saturated heterocycles. The minimum Gasteiger partial charge on any atom is -0.479 e. The Labute approximate surface area is 168 Å². The number of carboxylic acids is 1. The summed E-state index contributed by atoms with van der Waals surface area (Å²) in [6, 6.07) is 22.7. The number of nitrogens with zero attached hydrogens (tertiary/aromatic N) is 1. The quantitative estimate of drug-likeness (QED) is 0.651. The van der Waals surface area contributed by atoms with E-state index in [-0.39, 0.29) is 12.6 Å². The normalized spacial score (nSPS) is 14.2. The minimum atomic E-state index is -1.41. The van der Waals surface area contributed by atoms with Gasteiger partial charge in [-0.05, 0) is 48.9 Å². The van der Waals surface area contributed by atoms with Crippen molar-refractivity contribution in [1.29, 1.82) is 0 Å². The minimum absolute atomic E-state index is 0.0510. The molecular weight excluding hydrogens is 370 g/mol. The largest absolute Gasteiger partial charge is 0.479 e. The van der Waals surface area contributed by atoms with E-state index < -0.39 is 12.1 Å². The van der Waals surface area contributed by atoms with E-state index in [4.69, 9.17) is 14.6 Å². The fraction of sp³-hybridized carbons (Fsp3) is 0.174. The maximum atomic E-state index is 10.8. The molecule has 0 fully saturated rings. The molecule has 3 aromatic carbocycles. The Balaban J connectivity index is 1.56. The number of anilines is 2. The first kappa shape index (κ1) is 18.8. The zero-order valence-corrected chi connectivity index (χ0v) is 15.9. The Morgan fingerprint density at radius 1 is 0.966 bits per heavy atom. The van der Waals surface area contributed by atoms with Gasteiger partial charge in [-0.3, -0.25) is 4.90 Å². The maximum absolute atomic E-state index is 10.8. The van der Waals surface area contributed by atoms with Crippen LogP contribution in [0.2, 0.25) is 0 Å². The Morgan fingerprint density at radius 2 is 1.52 bits per heavy atom. The van der Waals surface area contributed by atoms with Crippen LogP contribution < -0.4 is 14.4 Å². The van der Waals surface area contributed by atoms with Crippen LogP contribution in [0.4, 0.5) is 11.4 Å². The third-order valence-electron chi connectivity index (χ3n) is 4.78. The molecule has 1 aliphatic rings. The van der Waals surface area contributed by atoms with Gasteiger partial charge in [-0.15, -0.1) is 0 Å². The van der Waals surface area contributed by atoms with E-state index >= 15 is 0 Å². The van der Waals surface area contributed by atoms with Crippen molar-refractivity contribution in [3.63, 3.8) is 0 Å². The maximum Gasteiger partial charge on any atom is 0.332 e. The predicted molar refractivity (Wildman–Crippen MR) is 109 cm³/mol. The number of carbonyl (C=O) groups is 1. The number of aliphatic hydroxyl groups excluding tert-OH is 1. The molecule has 0 aromatic heterocycles. The highest BCUT2D eigenvalue weighted by molar-refractivity contribution is 5.78. The molecule has 0 spiro atoms. The summed E-state index contributed by atoms with van der Waals surface area (Å²) in [5.41, 5.74) is 2.56. The lowest BCUT2D eigenvalue weighted by Gasteiger charge is -2.36. The highest BCUT2D eigenvalue weighted by atomic mass is 16.5. The molecule has 2 atom stereocenters. The van der Waals surface area contributed by atoms with Crippen LogP contribution >= 0.6 is 0 Å². The van der Waals surface area contributed by atoms with Gasteiger partial charge >= 0.3 is 5.97 Å². The molecule has 0 bridgehead atoms. The summed E-state index contributed by atoms with van der Waals surface area (Å²) in [7, 11) is 0. The summed E-state index contributed by atoms with van der Waals surface area (Å²) in [6.45, 7) is 1.96. The standard InChI is InChI=1S/C23H21NO5/c1-15(28-17-12-10-16(11-13-17)14-20(25)23(26)27)24-18-6-2-4-8-21(18)29-22-9-5-3-7-19(22)24/h2-13,15,20,25H,14H2,1H3,(H,26,27). The van der Waals surface area contributed by atoms with Gasteiger partial charge < -0.3 is 19.7 Å². The molecule has 6 heteroatoms. The summed E-state index contributed by atoms with van der Waals surface area (Å²) >= 11 is 0. The molecule has 0 amide bonds. The molecule has 6 nitrogen and oxygen atoms in total. The second-order valence-electron chi connectivity index (χ2n) is 6.83. The third-order valence-corrected chi connectivity index (χ3v) is 4.78. The number of rotatable bonds is 6. The molecule has 1 aliphatic heterocycles. The van der Waals surface area contributed by atoms with E-state index in [0.717, 1.165) is 28.4 Å². The number of ether oxygens (including phenoxy) is 2. The topological polar surface area (TPSA) is 79.2 Å². The van der Waals surface area contributed by atoms with Gasteiger partial charge in [0.25, 0.3) is 0 Å². The van der Waals surface area contributed by atoms with E-state index in [2.05, 4.69) is 4.90 Å². The zero-order valence-electron chi connectivity index (χ0n) is 15.9. The molecular formula is C23H21NO5. The van der Waals surface area contributed by atoms with Crippen LogP contribution in [-0.4, -0.2) is 28.5 Å². The average molecular weight is 391 g/mol. The third kappa shape index (κ3) is 3.88. The summed E-state index contributed by atoms with van der Waals surface area (Å²) in [5.74, 6) is 0.940. The fourth-order valence-corrected chi connectivity index (χ4v) is 3.39. The molecule has 29 heavy (non-hydrogen) atoms. The number of fused-ring (bicyclic) bond motifs is 2. The number of aliphatic carboxylic acids is 1. The van der Waals surface area contributed by atoms with Crippen molar-refractivity contribution in [1.82, 2.24) is 0 Å². The van der Waals surface area contributed by atoms with E-state index in [0.29, 0.717) is 5.75 Å². The van der Waals surface area contributed by atoms with Crippen LogP contribution in [0.5, 0.6) is 17.2 Å². The highest BCUT2D eigenvalue weighted by Gasteiger charge is 2.28. The van der Waals surface area contributed by atoms with Crippen molar-refractivity contribution in [2.45, 2.75) is 25.7 Å². The van der Waals surface area contributed by atoms with E-state index in [9.17, 15) is 9.90 Å². The van der Waals surface area contributed by atoms with Crippen LogP contribution in [0.1, 0.15) is 12.5 Å². The molecule has 3 aromatic rings. The first-order chi connectivity index (χ1) is 14.0. The number of aliphatic hydroxyl groups is 1. The van der Waals surface area contributed by atoms with Gasteiger partial charge in [0.05, 0.1) is 11.4 Å². The second-order valence-corrected chi connectivity index (χ2v) is 6.83. The van der Waals surface area contributed by atoms with Gasteiger partial charge in [0.1, 0.15) is 5.75 Å². The molecule has 1 heterocycles. The van der Waals surface area contributed by atoms with Gasteiger partial charge in [-0.1, -0.05) is 36.4 Å². The number of para-hydroxylation sites is 4. The van der Waals surface area contributed by atoms with Crippen LogP contribution in [0.15, 0.2) is 72.8 Å². The van der Waals surface area contributed by atoms with Gasteiger partial charge in [0.15, 0.2) is 23.8 Å². The van der Waals surface area contributed by atoms with Crippen molar-refractivity contribution >= 4 is 17.3 Å². The zero-order chi connectivity index (χ0) is 20.4. The second kappa shape index (κ2) is 7.85. The fourth-order valence-electron chi connectivity index (χ4n) is 3.39. The number of carboxylic acid groups (broad SMARTS) is 1. The highest BCUT2D eigenvalue weighted by Crippen LogP contribution is 2.47. The van der Waals surface area contributed by atoms with Crippen molar-refractivity contribution < 1.29 is 24.5 Å². The molecule has 4 rings (SSSR count). The molecule has 0 radical (unpaired) electrons. The predicted octanol–water partition coefficient (Wildman–Crippen LogP) is 4.34. The smallest absolute Gasteiger partial charge is 0.332 e. The summed E-state index contributed by atoms with van der Waals surface area (Å²) in [6.07, 6.45) is -1.69. The van der Waals surface area contributed by atoms with E-state index in [1.54, 1.807) is 24.3 Å². The van der Waals surface area contributed by atoms with Crippen LogP contribution in [-0.2, 0) is 11.2 Å². The number of hydrogen-bond donors (Lipinski definition) is 2. The van der Waals surface area contributed by atoms with Crippen molar-refractivity contribution in [2.75, 3.05) is 4.90 Å². The van der Waals surface area contributed by atoms with Gasteiger partial charge in [0.2, 0.25) is 0 Å². The van der Waals surface area contributed by atoms with Gasteiger partial charge in [-0.2, -0.15) is 0 Å². The van der Waals surface area contributed by atoms with Crippen LogP contribution in [0.25, 0.3) is 0 Å². The van der Waals surface area contributed by atoms with Crippen molar-refractivity contribution in [3.8, 4) is 17.2 Å². The Morgan fingerprint density at radius 3 is 2.07 bits per heavy atom. The van der Waals surface area contributed by atoms with Gasteiger partial charge in [-0.25, -0.2) is 4.79 Å². The molecule has 2 unspecified atom stereocenters. The lowest BCUT2D eigenvalue weighted by molar-refractivity contribution is -0.146. The first-order valence-electron chi connectivity index (χ1n) is 9.34. The van der Waals surface area contributed by atoms with Gasteiger partial charge in [0, 0.05) is 6.42 Å². The van der Waals surface area contributed by atoms with E-state index in [1.807, 2.05) is 55.5 Å². The summed E-state index contributed by atoms with van der Waals surface area (Å²) in [4.78, 5) is 12.9. The molecule has 0 saturated carbocycles. The SMILES string of the molecule is CC(Oc1ccc(CC(O)C(=O)O)cc1)N1c2ccccc2Oc2ccccc21. The van der Waals surface area contributed by atoms with Crippen LogP contribution in [0, 0.1) is 0 Å². The number of benzene rings is 3. The Bertz CT molecular complexity index is 972. The molecule has 0 aliphatic carbocycles. The van der Waals surface area contributed by atoms with E-state index in [1.165, 1.54) is 0 Å². The van der Waals surface area contributed by atoms with Crippen LogP contribution in [0.3, 0.4) is 0 Å². The molecule has 2 N–H and O–H groups in total. The molecule has 148 valence electrons.